The molecule has 0 aliphatic carbocycles. The molecule has 1 atom stereocenters. The van der Waals surface area contributed by atoms with Crippen LogP contribution in [0.25, 0.3) is 11.2 Å². The van der Waals surface area contributed by atoms with E-state index < -0.39 is 0 Å². The van der Waals surface area contributed by atoms with Crippen LogP contribution in [0.3, 0.4) is 0 Å². The number of imidazole rings is 1. The Labute approximate surface area is 114 Å². The largest absolute Gasteiger partial charge is 0.311 e. The highest BCUT2D eigenvalue weighted by molar-refractivity contribution is 9.10. The first kappa shape index (κ1) is 12.8. The molecule has 0 saturated heterocycles. The molecule has 2 aromatic heterocycles. The Morgan fingerprint density at radius 2 is 2.12 bits per heavy atom. The molecule has 2 aromatic rings. The molecule has 0 fully saturated rings. The van der Waals surface area contributed by atoms with Crippen molar-refractivity contribution in [3.63, 3.8) is 0 Å². The molecule has 5 heteroatoms. The number of fused-ring (bicyclic) bond motifs is 1. The molecule has 0 aliphatic rings. The number of pyridine rings is 1. The summed E-state index contributed by atoms with van der Waals surface area (Å²) in [7, 11) is 0. The van der Waals surface area contributed by atoms with Crippen LogP contribution >= 0.6 is 27.5 Å². The number of nitrogens with zero attached hydrogens (tertiary/aromatic N) is 3. The van der Waals surface area contributed by atoms with E-state index in [0.717, 1.165) is 28.0 Å². The van der Waals surface area contributed by atoms with Crippen LogP contribution in [0.1, 0.15) is 32.0 Å². The maximum atomic E-state index is 6.18. The van der Waals surface area contributed by atoms with Gasteiger partial charge in [0.2, 0.25) is 0 Å². The van der Waals surface area contributed by atoms with Crippen molar-refractivity contribution in [2.75, 3.05) is 0 Å². The van der Waals surface area contributed by atoms with Crippen molar-refractivity contribution in [1.82, 2.24) is 14.5 Å². The van der Waals surface area contributed by atoms with E-state index in [9.17, 15) is 0 Å². The molecule has 0 aliphatic heterocycles. The van der Waals surface area contributed by atoms with Gasteiger partial charge < -0.3 is 4.57 Å². The average Bonchev–Trinajstić information content (AvgIpc) is 2.55. The summed E-state index contributed by atoms with van der Waals surface area (Å²) in [5, 5.41) is -0.110. The third kappa shape index (κ3) is 2.63. The van der Waals surface area contributed by atoms with Gasteiger partial charge in [0.1, 0.15) is 11.3 Å². The summed E-state index contributed by atoms with van der Waals surface area (Å²) >= 11 is 9.59. The number of rotatable bonds is 3. The first-order valence-electron chi connectivity index (χ1n) is 5.64. The molecule has 0 radical (unpaired) electrons. The van der Waals surface area contributed by atoms with Crippen molar-refractivity contribution in [1.29, 1.82) is 0 Å². The molecule has 0 saturated carbocycles. The van der Waals surface area contributed by atoms with Crippen molar-refractivity contribution in [2.24, 2.45) is 5.92 Å². The van der Waals surface area contributed by atoms with Crippen molar-refractivity contribution < 1.29 is 0 Å². The molecular weight excluding hydrogens is 302 g/mol. The number of hydrogen-bond acceptors (Lipinski definition) is 2. The maximum Gasteiger partial charge on any atom is 0.160 e. The minimum Gasteiger partial charge on any atom is -0.311 e. The zero-order valence-corrected chi connectivity index (χ0v) is 12.5. The van der Waals surface area contributed by atoms with Crippen LogP contribution in [-0.2, 0) is 6.54 Å². The number of alkyl halides is 1. The van der Waals surface area contributed by atoms with E-state index in [2.05, 4.69) is 44.3 Å². The molecule has 0 bridgehead atoms. The third-order valence-corrected chi connectivity index (χ3v) is 3.11. The Kier molecular flexibility index (Phi) is 3.73. The fourth-order valence-corrected chi connectivity index (χ4v) is 2.34. The van der Waals surface area contributed by atoms with Gasteiger partial charge in [-0.3, -0.25) is 0 Å². The van der Waals surface area contributed by atoms with E-state index in [1.807, 2.05) is 13.0 Å². The van der Waals surface area contributed by atoms with Gasteiger partial charge in [0.25, 0.3) is 0 Å². The maximum absolute atomic E-state index is 6.18. The quantitative estimate of drug-likeness (QED) is 0.796. The topological polar surface area (TPSA) is 30.7 Å². The predicted octanol–water partition coefficient (Wildman–Crippen LogP) is 4.15. The highest BCUT2D eigenvalue weighted by Gasteiger charge is 2.16. The second-order valence-corrected chi connectivity index (χ2v) is 6.16. The van der Waals surface area contributed by atoms with Gasteiger partial charge in [-0.05, 0) is 34.8 Å². The van der Waals surface area contributed by atoms with Crippen molar-refractivity contribution >= 4 is 38.7 Å². The molecule has 17 heavy (non-hydrogen) atoms. The summed E-state index contributed by atoms with van der Waals surface area (Å²) in [6.07, 6.45) is 1.80. The van der Waals surface area contributed by atoms with Crippen LogP contribution in [0.5, 0.6) is 0 Å². The van der Waals surface area contributed by atoms with E-state index in [1.54, 1.807) is 6.20 Å². The first-order chi connectivity index (χ1) is 7.99. The summed E-state index contributed by atoms with van der Waals surface area (Å²) in [6, 6.07) is 1.97. The number of halogens is 2. The molecule has 2 rings (SSSR count). The van der Waals surface area contributed by atoms with Crippen LogP contribution in [0.15, 0.2) is 16.7 Å². The van der Waals surface area contributed by atoms with Crippen LogP contribution in [0.4, 0.5) is 0 Å². The van der Waals surface area contributed by atoms with Gasteiger partial charge in [-0.25, -0.2) is 9.97 Å². The average molecular weight is 317 g/mol. The molecular formula is C12H15BrClN3. The summed E-state index contributed by atoms with van der Waals surface area (Å²) in [5.74, 6) is 1.42. The second-order valence-electron chi connectivity index (χ2n) is 4.59. The first-order valence-corrected chi connectivity index (χ1v) is 6.87. The van der Waals surface area contributed by atoms with Gasteiger partial charge in [0.05, 0.1) is 5.38 Å². The molecule has 0 spiro atoms. The third-order valence-electron chi connectivity index (χ3n) is 2.48. The van der Waals surface area contributed by atoms with Gasteiger partial charge in [-0.2, -0.15) is 0 Å². The summed E-state index contributed by atoms with van der Waals surface area (Å²) in [5.41, 5.74) is 1.80. The Bertz CT molecular complexity index is 534. The predicted molar refractivity (Wildman–Crippen MR) is 74.3 cm³/mol. The van der Waals surface area contributed by atoms with Gasteiger partial charge in [0.15, 0.2) is 5.65 Å². The highest BCUT2D eigenvalue weighted by Crippen LogP contribution is 2.25. The molecule has 2 heterocycles. The van der Waals surface area contributed by atoms with Crippen LogP contribution in [-0.4, -0.2) is 14.5 Å². The van der Waals surface area contributed by atoms with Crippen molar-refractivity contribution in [2.45, 2.75) is 32.7 Å². The fraction of sp³-hybridized carbons (Fsp3) is 0.500. The Morgan fingerprint density at radius 1 is 1.41 bits per heavy atom. The molecule has 0 aromatic carbocycles. The van der Waals surface area contributed by atoms with Gasteiger partial charge >= 0.3 is 0 Å². The van der Waals surface area contributed by atoms with Gasteiger partial charge in [0, 0.05) is 17.2 Å². The molecule has 0 N–H and O–H groups in total. The second kappa shape index (κ2) is 4.94. The Morgan fingerprint density at radius 3 is 2.71 bits per heavy atom. The van der Waals surface area contributed by atoms with Crippen LogP contribution < -0.4 is 0 Å². The molecule has 1 unspecified atom stereocenters. The molecule has 0 amide bonds. The SMILES string of the molecule is CC(C)Cn1c(C(C)Cl)nc2cc(Br)cnc21. The fourth-order valence-electron chi connectivity index (χ4n) is 1.85. The standard InChI is InChI=1S/C12H15BrClN3/c1-7(2)6-17-11(8(3)14)16-10-4-9(13)5-15-12(10)17/h4-5,7-8H,6H2,1-3H3. The number of aromatic nitrogens is 3. The van der Waals surface area contributed by atoms with Crippen molar-refractivity contribution in [3.8, 4) is 0 Å². The minimum atomic E-state index is -0.110. The lowest BCUT2D eigenvalue weighted by molar-refractivity contribution is 0.514. The Balaban J connectivity index is 2.62. The van der Waals surface area contributed by atoms with Crippen LogP contribution in [0.2, 0.25) is 0 Å². The van der Waals surface area contributed by atoms with E-state index >= 15 is 0 Å². The highest BCUT2D eigenvalue weighted by atomic mass is 79.9. The smallest absolute Gasteiger partial charge is 0.160 e. The van der Waals surface area contributed by atoms with Gasteiger partial charge in [-0.15, -0.1) is 11.6 Å². The zero-order chi connectivity index (χ0) is 12.6. The Hall–Kier alpha value is -0.610. The lowest BCUT2D eigenvalue weighted by Gasteiger charge is -2.11. The molecule has 3 nitrogen and oxygen atoms in total. The lowest BCUT2D eigenvalue weighted by Crippen LogP contribution is -2.09. The van der Waals surface area contributed by atoms with Crippen molar-refractivity contribution in [3.05, 3.63) is 22.6 Å². The lowest BCUT2D eigenvalue weighted by atomic mass is 10.2. The van der Waals surface area contributed by atoms with E-state index in [1.165, 1.54) is 0 Å². The molecule has 92 valence electrons. The summed E-state index contributed by atoms with van der Waals surface area (Å²) < 4.78 is 3.05. The summed E-state index contributed by atoms with van der Waals surface area (Å²) in [6.45, 7) is 7.17. The van der Waals surface area contributed by atoms with E-state index in [-0.39, 0.29) is 5.38 Å². The number of hydrogen-bond donors (Lipinski definition) is 0. The normalized spacial score (nSPS) is 13.5. The minimum absolute atomic E-state index is 0.110. The van der Waals surface area contributed by atoms with Gasteiger partial charge in [-0.1, -0.05) is 13.8 Å². The summed E-state index contributed by atoms with van der Waals surface area (Å²) in [4.78, 5) is 9.00. The van der Waals surface area contributed by atoms with Crippen LogP contribution in [0, 0.1) is 5.92 Å². The van der Waals surface area contributed by atoms with E-state index in [4.69, 9.17) is 11.6 Å². The zero-order valence-electron chi connectivity index (χ0n) is 10.1. The monoisotopic (exact) mass is 315 g/mol. The van der Waals surface area contributed by atoms with E-state index in [0.29, 0.717) is 5.92 Å².